The van der Waals surface area contributed by atoms with Crippen LogP contribution in [0.1, 0.15) is 48.9 Å². The fourth-order valence-corrected chi connectivity index (χ4v) is 3.87. The second-order valence-corrected chi connectivity index (χ2v) is 6.53. The molecule has 2 aliphatic rings. The van der Waals surface area contributed by atoms with E-state index in [4.69, 9.17) is 4.74 Å². The van der Waals surface area contributed by atoms with E-state index in [-0.39, 0.29) is 29.3 Å². The second kappa shape index (κ2) is 5.26. The predicted molar refractivity (Wildman–Crippen MR) is 83.1 cm³/mol. The summed E-state index contributed by atoms with van der Waals surface area (Å²) in [6.45, 7) is 4.66. The van der Waals surface area contributed by atoms with E-state index in [1.165, 1.54) is 6.42 Å². The summed E-state index contributed by atoms with van der Waals surface area (Å²) in [6, 6.07) is 2.01. The Morgan fingerprint density at radius 3 is 3.00 bits per heavy atom. The number of nitrogens with zero attached hydrogens (tertiary/aromatic N) is 4. The van der Waals surface area contributed by atoms with Crippen LogP contribution in [0.4, 0.5) is 0 Å². The summed E-state index contributed by atoms with van der Waals surface area (Å²) in [4.78, 5) is 20.9. The lowest BCUT2D eigenvalue weighted by Gasteiger charge is -2.60. The Morgan fingerprint density at radius 1 is 1.52 bits per heavy atom. The zero-order valence-electron chi connectivity index (χ0n) is 13.5. The largest absolute Gasteiger partial charge is 0.378 e. The number of carbonyl (C=O) groups is 1. The van der Waals surface area contributed by atoms with Gasteiger partial charge < -0.3 is 10.1 Å². The molecule has 0 aliphatic heterocycles. The number of rotatable bonds is 4. The highest BCUT2D eigenvalue weighted by Crippen LogP contribution is 2.57. The SMILES string of the molecule is CCO[C@H]1C[C@H](NC(=O)c2nc3nccc(C)n3n2)C12CCC2. The van der Waals surface area contributed by atoms with Gasteiger partial charge in [-0.25, -0.2) is 9.50 Å². The molecule has 2 heterocycles. The average molecular weight is 315 g/mol. The first-order valence-electron chi connectivity index (χ1n) is 8.25. The number of hydrogen-bond donors (Lipinski definition) is 1. The summed E-state index contributed by atoms with van der Waals surface area (Å²) in [6.07, 6.45) is 6.30. The molecule has 2 aromatic rings. The molecule has 0 saturated heterocycles. The molecular formula is C16H21N5O2. The standard InChI is InChI=1S/C16H21N5O2/c1-3-23-12-9-11(16(12)6-4-7-16)18-14(22)13-19-15-17-8-5-10(2)21(15)20-13/h5,8,11-12H,3-4,6-7,9H2,1-2H3,(H,18,22)/t11-,12-/m0/s1. The van der Waals surface area contributed by atoms with Crippen LogP contribution in [0.2, 0.25) is 0 Å². The van der Waals surface area contributed by atoms with E-state index in [1.807, 2.05) is 19.9 Å². The topological polar surface area (TPSA) is 81.4 Å². The van der Waals surface area contributed by atoms with Crippen LogP contribution in [0.15, 0.2) is 12.3 Å². The third kappa shape index (κ3) is 2.14. The van der Waals surface area contributed by atoms with Crippen molar-refractivity contribution < 1.29 is 9.53 Å². The number of carbonyl (C=O) groups excluding carboxylic acids is 1. The molecule has 0 aromatic carbocycles. The Labute approximate surface area is 134 Å². The van der Waals surface area contributed by atoms with Crippen LogP contribution >= 0.6 is 0 Å². The van der Waals surface area contributed by atoms with Gasteiger partial charge in [0.25, 0.3) is 11.7 Å². The van der Waals surface area contributed by atoms with Gasteiger partial charge >= 0.3 is 0 Å². The van der Waals surface area contributed by atoms with Gasteiger partial charge in [0, 0.05) is 30.0 Å². The Kier molecular flexibility index (Phi) is 3.33. The highest BCUT2D eigenvalue weighted by molar-refractivity contribution is 5.91. The molecule has 7 nitrogen and oxygen atoms in total. The maximum absolute atomic E-state index is 12.5. The molecule has 2 saturated carbocycles. The smallest absolute Gasteiger partial charge is 0.291 e. The summed E-state index contributed by atoms with van der Waals surface area (Å²) >= 11 is 0. The Balaban J connectivity index is 1.50. The lowest BCUT2D eigenvalue weighted by molar-refractivity contribution is -0.169. The van der Waals surface area contributed by atoms with Gasteiger partial charge in [0.15, 0.2) is 0 Å². The number of aromatic nitrogens is 4. The number of fused-ring (bicyclic) bond motifs is 1. The van der Waals surface area contributed by atoms with Crippen molar-refractivity contribution in [3.05, 3.63) is 23.8 Å². The van der Waals surface area contributed by atoms with Crippen LogP contribution in [0.25, 0.3) is 5.78 Å². The van der Waals surface area contributed by atoms with Gasteiger partial charge in [0.1, 0.15) is 0 Å². The van der Waals surface area contributed by atoms with Crippen molar-refractivity contribution >= 4 is 11.7 Å². The summed E-state index contributed by atoms with van der Waals surface area (Å²) in [5.74, 6) is 0.413. The van der Waals surface area contributed by atoms with Crippen LogP contribution in [-0.2, 0) is 4.74 Å². The quantitative estimate of drug-likeness (QED) is 0.925. The Morgan fingerprint density at radius 2 is 2.35 bits per heavy atom. The minimum Gasteiger partial charge on any atom is -0.378 e. The number of nitrogens with one attached hydrogen (secondary N) is 1. The van der Waals surface area contributed by atoms with E-state index in [9.17, 15) is 4.79 Å². The number of amides is 1. The first-order valence-corrected chi connectivity index (χ1v) is 8.25. The van der Waals surface area contributed by atoms with E-state index >= 15 is 0 Å². The van der Waals surface area contributed by atoms with Gasteiger partial charge in [0.2, 0.25) is 5.82 Å². The normalized spacial score (nSPS) is 25.1. The highest BCUT2D eigenvalue weighted by Gasteiger charge is 2.59. The van der Waals surface area contributed by atoms with Crippen molar-refractivity contribution in [1.29, 1.82) is 0 Å². The monoisotopic (exact) mass is 315 g/mol. The van der Waals surface area contributed by atoms with Crippen molar-refractivity contribution in [1.82, 2.24) is 24.9 Å². The van der Waals surface area contributed by atoms with Crippen molar-refractivity contribution in [2.45, 2.75) is 51.7 Å². The first-order chi connectivity index (χ1) is 11.1. The average Bonchev–Trinajstić information content (AvgIpc) is 2.90. The maximum atomic E-state index is 12.5. The fraction of sp³-hybridized carbons (Fsp3) is 0.625. The zero-order valence-corrected chi connectivity index (χ0v) is 13.5. The fourth-order valence-electron chi connectivity index (χ4n) is 3.87. The lowest BCUT2D eigenvalue weighted by atomic mass is 9.51. The highest BCUT2D eigenvalue weighted by atomic mass is 16.5. The van der Waals surface area contributed by atoms with Crippen LogP contribution in [-0.4, -0.2) is 44.2 Å². The second-order valence-electron chi connectivity index (χ2n) is 6.53. The molecule has 2 fully saturated rings. The third-order valence-corrected chi connectivity index (χ3v) is 5.38. The lowest BCUT2D eigenvalue weighted by Crippen LogP contribution is -2.67. The van der Waals surface area contributed by atoms with Gasteiger partial charge in [0.05, 0.1) is 6.10 Å². The van der Waals surface area contributed by atoms with Crippen molar-refractivity contribution in [2.24, 2.45) is 5.41 Å². The van der Waals surface area contributed by atoms with E-state index < -0.39 is 0 Å². The van der Waals surface area contributed by atoms with Gasteiger partial charge in [-0.1, -0.05) is 6.42 Å². The molecule has 122 valence electrons. The van der Waals surface area contributed by atoms with E-state index in [2.05, 4.69) is 20.4 Å². The van der Waals surface area contributed by atoms with Crippen LogP contribution in [0.3, 0.4) is 0 Å². The van der Waals surface area contributed by atoms with Gasteiger partial charge in [-0.2, -0.15) is 4.98 Å². The van der Waals surface area contributed by atoms with E-state index in [0.717, 1.165) is 31.6 Å². The van der Waals surface area contributed by atoms with Gasteiger partial charge in [-0.3, -0.25) is 4.79 Å². The van der Waals surface area contributed by atoms with Gasteiger partial charge in [-0.15, -0.1) is 5.10 Å². The molecular weight excluding hydrogens is 294 g/mol. The van der Waals surface area contributed by atoms with Crippen molar-refractivity contribution in [2.75, 3.05) is 6.61 Å². The predicted octanol–water partition coefficient (Wildman–Crippen LogP) is 1.51. The molecule has 2 aromatic heterocycles. The molecule has 1 amide bonds. The van der Waals surface area contributed by atoms with E-state index in [0.29, 0.717) is 5.78 Å². The molecule has 0 radical (unpaired) electrons. The van der Waals surface area contributed by atoms with Crippen LogP contribution in [0, 0.1) is 12.3 Å². The molecule has 23 heavy (non-hydrogen) atoms. The third-order valence-electron chi connectivity index (χ3n) is 5.38. The minimum atomic E-state index is -0.221. The van der Waals surface area contributed by atoms with Crippen LogP contribution < -0.4 is 5.32 Å². The van der Waals surface area contributed by atoms with Crippen molar-refractivity contribution in [3.8, 4) is 0 Å². The first kappa shape index (κ1) is 14.6. The summed E-state index contributed by atoms with van der Waals surface area (Å²) in [5, 5.41) is 7.38. The summed E-state index contributed by atoms with van der Waals surface area (Å²) in [5.41, 5.74) is 1.04. The molecule has 0 bridgehead atoms. The molecule has 1 spiro atoms. The van der Waals surface area contributed by atoms with Gasteiger partial charge in [-0.05, 0) is 39.2 Å². The van der Waals surface area contributed by atoms with Crippen molar-refractivity contribution in [3.63, 3.8) is 0 Å². The summed E-state index contributed by atoms with van der Waals surface area (Å²) in [7, 11) is 0. The molecule has 1 N–H and O–H groups in total. The van der Waals surface area contributed by atoms with E-state index in [1.54, 1.807) is 10.7 Å². The zero-order chi connectivity index (χ0) is 16.0. The molecule has 7 heteroatoms. The maximum Gasteiger partial charge on any atom is 0.291 e. The molecule has 4 rings (SSSR count). The number of hydrogen-bond acceptors (Lipinski definition) is 5. The Bertz CT molecular complexity index is 752. The number of aryl methyl sites for hydroxylation is 1. The molecule has 0 unspecified atom stereocenters. The molecule has 2 aliphatic carbocycles. The molecule has 2 atom stereocenters. The minimum absolute atomic E-state index is 0.138. The number of ether oxygens (including phenoxy) is 1. The summed E-state index contributed by atoms with van der Waals surface area (Å²) < 4.78 is 7.42. The Hall–Kier alpha value is -2.02. The van der Waals surface area contributed by atoms with Crippen LogP contribution in [0.5, 0.6) is 0 Å².